The van der Waals surface area contributed by atoms with E-state index in [-0.39, 0.29) is 31.4 Å². The van der Waals surface area contributed by atoms with Crippen molar-refractivity contribution in [3.8, 4) is 17.2 Å². The summed E-state index contributed by atoms with van der Waals surface area (Å²) in [4.78, 5) is 30.1. The third-order valence-corrected chi connectivity index (χ3v) is 6.91. The number of benzene rings is 2. The molecule has 174 valence electrons. The SMILES string of the molecule is COc1ccc(C2CCCCCN2CN2C(=O)NC(C)(c3ccc4c(c3)OCO4)C2=O)cc1. The van der Waals surface area contributed by atoms with Crippen molar-refractivity contribution in [3.63, 3.8) is 0 Å². The zero-order valence-corrected chi connectivity index (χ0v) is 19.0. The second-order valence-electron chi connectivity index (χ2n) is 8.95. The Morgan fingerprint density at radius 2 is 1.85 bits per heavy atom. The number of carbonyl (C=O) groups is 2. The lowest BCUT2D eigenvalue weighted by atomic mass is 9.91. The van der Waals surface area contributed by atoms with Crippen LogP contribution in [0.25, 0.3) is 0 Å². The van der Waals surface area contributed by atoms with Gasteiger partial charge in [-0.3, -0.25) is 9.69 Å². The molecule has 0 radical (unpaired) electrons. The molecule has 0 saturated carbocycles. The molecule has 8 nitrogen and oxygen atoms in total. The van der Waals surface area contributed by atoms with Gasteiger partial charge in [0.2, 0.25) is 6.79 Å². The number of urea groups is 1. The van der Waals surface area contributed by atoms with Crippen LogP contribution in [0.5, 0.6) is 17.2 Å². The van der Waals surface area contributed by atoms with E-state index in [0.29, 0.717) is 17.1 Å². The van der Waals surface area contributed by atoms with Crippen molar-refractivity contribution in [2.24, 2.45) is 0 Å². The number of hydrogen-bond donors (Lipinski definition) is 1. The van der Waals surface area contributed by atoms with Gasteiger partial charge in [0.25, 0.3) is 5.91 Å². The van der Waals surface area contributed by atoms with E-state index in [9.17, 15) is 9.59 Å². The third-order valence-electron chi connectivity index (χ3n) is 6.91. The van der Waals surface area contributed by atoms with Gasteiger partial charge in [-0.15, -0.1) is 0 Å². The molecule has 2 aromatic carbocycles. The lowest BCUT2D eigenvalue weighted by Gasteiger charge is -2.33. The van der Waals surface area contributed by atoms with Crippen LogP contribution in [-0.2, 0) is 10.3 Å². The van der Waals surface area contributed by atoms with Crippen LogP contribution in [0, 0.1) is 0 Å². The molecule has 2 aromatic rings. The fourth-order valence-electron chi connectivity index (χ4n) is 4.95. The van der Waals surface area contributed by atoms with Gasteiger partial charge in [0.1, 0.15) is 11.3 Å². The first kappa shape index (κ1) is 21.6. The van der Waals surface area contributed by atoms with E-state index in [4.69, 9.17) is 14.2 Å². The number of methoxy groups -OCH3 is 1. The van der Waals surface area contributed by atoms with E-state index < -0.39 is 5.54 Å². The second kappa shape index (κ2) is 8.59. The van der Waals surface area contributed by atoms with Crippen LogP contribution in [0.15, 0.2) is 42.5 Å². The molecule has 33 heavy (non-hydrogen) atoms. The minimum absolute atomic E-state index is 0.136. The highest BCUT2D eigenvalue weighted by molar-refractivity contribution is 6.07. The monoisotopic (exact) mass is 451 g/mol. The summed E-state index contributed by atoms with van der Waals surface area (Å²) in [7, 11) is 1.65. The first-order valence-corrected chi connectivity index (χ1v) is 11.4. The number of nitrogens with zero attached hydrogens (tertiary/aromatic N) is 2. The molecule has 2 fully saturated rings. The minimum Gasteiger partial charge on any atom is -0.497 e. The fraction of sp³-hybridized carbons (Fsp3) is 0.440. The second-order valence-corrected chi connectivity index (χ2v) is 8.95. The number of ether oxygens (including phenoxy) is 3. The molecule has 3 aliphatic heterocycles. The summed E-state index contributed by atoms with van der Waals surface area (Å²) < 4.78 is 16.2. The van der Waals surface area contributed by atoms with Gasteiger partial charge in [-0.2, -0.15) is 0 Å². The highest BCUT2D eigenvalue weighted by atomic mass is 16.7. The van der Waals surface area contributed by atoms with Crippen LogP contribution in [0.2, 0.25) is 0 Å². The Balaban J connectivity index is 1.38. The number of amides is 3. The topological polar surface area (TPSA) is 80.3 Å². The predicted octanol–water partition coefficient (Wildman–Crippen LogP) is 3.77. The number of rotatable bonds is 5. The maximum absolute atomic E-state index is 13.6. The zero-order valence-electron chi connectivity index (χ0n) is 19.0. The molecule has 3 aliphatic rings. The van der Waals surface area contributed by atoms with Crippen molar-refractivity contribution in [1.29, 1.82) is 0 Å². The summed E-state index contributed by atoms with van der Waals surface area (Å²) in [5.74, 6) is 1.78. The van der Waals surface area contributed by atoms with Gasteiger partial charge in [-0.05, 0) is 55.2 Å². The molecule has 0 aliphatic carbocycles. The number of fused-ring (bicyclic) bond motifs is 1. The molecule has 5 rings (SSSR count). The number of carbonyl (C=O) groups excluding carboxylic acids is 2. The van der Waals surface area contributed by atoms with Crippen molar-refractivity contribution in [1.82, 2.24) is 15.1 Å². The van der Waals surface area contributed by atoms with Crippen LogP contribution >= 0.6 is 0 Å². The number of imide groups is 1. The van der Waals surface area contributed by atoms with E-state index in [2.05, 4.69) is 22.3 Å². The quantitative estimate of drug-likeness (QED) is 0.698. The van der Waals surface area contributed by atoms with Crippen molar-refractivity contribution in [2.75, 3.05) is 27.1 Å². The van der Waals surface area contributed by atoms with Crippen molar-refractivity contribution >= 4 is 11.9 Å². The van der Waals surface area contributed by atoms with Crippen molar-refractivity contribution < 1.29 is 23.8 Å². The van der Waals surface area contributed by atoms with E-state index >= 15 is 0 Å². The summed E-state index contributed by atoms with van der Waals surface area (Å²) in [5.41, 5.74) is 0.693. The molecule has 1 N–H and O–H groups in total. The lowest BCUT2D eigenvalue weighted by Crippen LogP contribution is -2.45. The molecule has 3 amide bonds. The van der Waals surface area contributed by atoms with Gasteiger partial charge < -0.3 is 19.5 Å². The predicted molar refractivity (Wildman–Crippen MR) is 121 cm³/mol. The van der Waals surface area contributed by atoms with Crippen LogP contribution in [0.3, 0.4) is 0 Å². The van der Waals surface area contributed by atoms with Gasteiger partial charge in [-0.25, -0.2) is 9.69 Å². The fourth-order valence-corrected chi connectivity index (χ4v) is 4.95. The molecule has 0 spiro atoms. The van der Waals surface area contributed by atoms with Crippen LogP contribution < -0.4 is 19.5 Å². The van der Waals surface area contributed by atoms with Gasteiger partial charge in [0, 0.05) is 12.6 Å². The largest absolute Gasteiger partial charge is 0.497 e. The maximum Gasteiger partial charge on any atom is 0.326 e. The highest BCUT2D eigenvalue weighted by Crippen LogP contribution is 2.38. The standard InChI is InChI=1S/C25H29N3O5/c1-25(18-9-12-21-22(14-18)33-16-32-21)23(29)28(24(30)26-25)15-27-13-5-3-4-6-20(27)17-7-10-19(31-2)11-8-17/h7-12,14,20H,3-6,13,15-16H2,1-2H3,(H,26,30). The van der Waals surface area contributed by atoms with Crippen LogP contribution in [0.4, 0.5) is 4.79 Å². The lowest BCUT2D eigenvalue weighted by molar-refractivity contribution is -0.132. The Morgan fingerprint density at radius 3 is 2.64 bits per heavy atom. The summed E-state index contributed by atoms with van der Waals surface area (Å²) >= 11 is 0. The molecular formula is C25H29N3O5. The molecule has 8 heteroatoms. The summed E-state index contributed by atoms with van der Waals surface area (Å²) in [6.45, 7) is 2.98. The van der Waals surface area contributed by atoms with Crippen molar-refractivity contribution in [2.45, 2.75) is 44.2 Å². The molecule has 3 heterocycles. The first-order chi connectivity index (χ1) is 16.0. The Morgan fingerprint density at radius 1 is 1.06 bits per heavy atom. The Kier molecular flexibility index (Phi) is 5.62. The van der Waals surface area contributed by atoms with Crippen molar-refractivity contribution in [3.05, 3.63) is 53.6 Å². The number of nitrogens with one attached hydrogen (secondary N) is 1. The third kappa shape index (κ3) is 3.88. The molecule has 2 saturated heterocycles. The first-order valence-electron chi connectivity index (χ1n) is 11.4. The van der Waals surface area contributed by atoms with Gasteiger partial charge in [-0.1, -0.05) is 31.0 Å². The molecule has 2 atom stereocenters. The van der Waals surface area contributed by atoms with Gasteiger partial charge in [0.05, 0.1) is 13.8 Å². The normalized spacial score (nSPS) is 25.2. The average molecular weight is 452 g/mol. The highest BCUT2D eigenvalue weighted by Gasteiger charge is 2.50. The number of likely N-dealkylation sites (tertiary alicyclic amines) is 1. The summed E-state index contributed by atoms with van der Waals surface area (Å²) in [6.07, 6.45) is 4.27. The van der Waals surface area contributed by atoms with E-state index in [1.807, 2.05) is 12.1 Å². The molecule has 2 unspecified atom stereocenters. The molecule has 0 bridgehead atoms. The van der Waals surface area contributed by atoms with E-state index in [0.717, 1.165) is 38.0 Å². The van der Waals surface area contributed by atoms with Crippen LogP contribution in [-0.4, -0.2) is 48.9 Å². The van der Waals surface area contributed by atoms with Crippen LogP contribution in [0.1, 0.15) is 49.8 Å². The Hall–Kier alpha value is -3.26. The Bertz CT molecular complexity index is 1060. The minimum atomic E-state index is -1.15. The Labute approximate surface area is 193 Å². The van der Waals surface area contributed by atoms with Gasteiger partial charge in [0.15, 0.2) is 11.5 Å². The van der Waals surface area contributed by atoms with E-state index in [1.165, 1.54) is 10.5 Å². The zero-order chi connectivity index (χ0) is 23.0. The molecule has 0 aromatic heterocycles. The molecular weight excluding hydrogens is 422 g/mol. The summed E-state index contributed by atoms with van der Waals surface area (Å²) in [5, 5.41) is 2.91. The van der Waals surface area contributed by atoms with E-state index in [1.54, 1.807) is 32.2 Å². The number of hydrogen-bond acceptors (Lipinski definition) is 6. The maximum atomic E-state index is 13.6. The average Bonchev–Trinajstić information content (AvgIpc) is 3.29. The van der Waals surface area contributed by atoms with Gasteiger partial charge >= 0.3 is 6.03 Å². The summed E-state index contributed by atoms with van der Waals surface area (Å²) in [6, 6.07) is 13.2. The smallest absolute Gasteiger partial charge is 0.326 e.